The number of nitro groups is 1. The Morgan fingerprint density at radius 3 is 1.41 bits per heavy atom. The van der Waals surface area contributed by atoms with Gasteiger partial charge in [-0.1, -0.05) is 13.2 Å². The van der Waals surface area contributed by atoms with E-state index in [1.54, 1.807) is 32.9 Å². The van der Waals surface area contributed by atoms with Crippen LogP contribution in [0.1, 0.15) is 63.7 Å². The van der Waals surface area contributed by atoms with Crippen LogP contribution in [0.15, 0.2) is 48.6 Å². The van der Waals surface area contributed by atoms with Crippen molar-refractivity contribution in [1.29, 1.82) is 0 Å². The first kappa shape index (κ1) is 40.5. The van der Waals surface area contributed by atoms with Gasteiger partial charge in [-0.05, 0) is 82.0 Å². The van der Waals surface area contributed by atoms with Crippen molar-refractivity contribution < 1.29 is 52.9 Å². The number of aliphatic carboxylic acids is 1. The van der Waals surface area contributed by atoms with Crippen LogP contribution in [0.2, 0.25) is 0 Å². The minimum Gasteiger partial charge on any atom is -0.481 e. The summed E-state index contributed by atoms with van der Waals surface area (Å²) >= 11 is 0. The molecule has 0 aliphatic heterocycles. The van der Waals surface area contributed by atoms with Crippen LogP contribution in [0.25, 0.3) is 0 Å². The summed E-state index contributed by atoms with van der Waals surface area (Å²) in [5.41, 5.74) is 9.99. The van der Waals surface area contributed by atoms with Gasteiger partial charge >= 0.3 is 23.9 Å². The van der Waals surface area contributed by atoms with E-state index >= 15 is 0 Å². The number of carboxylic acid groups (broad SMARTS) is 1. The van der Waals surface area contributed by atoms with E-state index in [0.29, 0.717) is 22.4 Å². The summed E-state index contributed by atoms with van der Waals surface area (Å²) in [6, 6.07) is 6.16. The van der Waals surface area contributed by atoms with Gasteiger partial charge in [0.15, 0.2) is 0 Å². The van der Waals surface area contributed by atoms with Crippen LogP contribution in [-0.2, 0) is 33.3 Å². The van der Waals surface area contributed by atoms with Crippen LogP contribution in [-0.4, -0.2) is 66.3 Å². The number of carboxylic acids is 1. The molecule has 2 rings (SSSR count). The van der Waals surface area contributed by atoms with Crippen LogP contribution in [0.4, 0.5) is 11.4 Å². The second-order valence-corrected chi connectivity index (χ2v) is 9.86. The number of nitro benzene ring substituents is 1. The topological polar surface area (TPSA) is 212 Å². The molecule has 2 aromatic carbocycles. The Morgan fingerprint density at radius 2 is 1.02 bits per heavy atom. The van der Waals surface area contributed by atoms with Gasteiger partial charge in [0.25, 0.3) is 11.7 Å². The Kier molecular flexibility index (Phi) is 17.3. The first-order valence-electron chi connectivity index (χ1n) is 13.6. The fourth-order valence-electron chi connectivity index (χ4n) is 3.07. The average Bonchev–Trinajstić information content (AvgIpc) is 2.95. The molecule has 14 nitrogen and oxygen atoms in total. The zero-order chi connectivity index (χ0) is 35.7. The molecule has 0 unspecified atom stereocenters. The van der Waals surface area contributed by atoms with Gasteiger partial charge in [0.2, 0.25) is 0 Å². The minimum absolute atomic E-state index is 0.0117. The van der Waals surface area contributed by atoms with Crippen LogP contribution in [0, 0.1) is 37.8 Å². The molecule has 0 saturated carbocycles. The number of carbonyl (C=O) groups excluding carboxylic acids is 4. The van der Waals surface area contributed by atoms with Gasteiger partial charge in [-0.2, -0.15) is 0 Å². The molecule has 2 aromatic rings. The molecule has 250 valence electrons. The SMILES string of the molecule is C=C(C)C(=O)OCCOC(=O)c1cc(C)c(C)cc1N.C=C(C)C(=O)OCCOC(=O)c1cc(C)c(C)cc1[N+](=O)[O-].CC(=O)O. The summed E-state index contributed by atoms with van der Waals surface area (Å²) < 4.78 is 19.5. The lowest BCUT2D eigenvalue weighted by molar-refractivity contribution is -0.385. The predicted octanol–water partition coefficient (Wildman–Crippen LogP) is 4.74. The number of benzene rings is 2. The molecule has 0 atom stereocenters. The van der Waals surface area contributed by atoms with Crippen LogP contribution >= 0.6 is 0 Å². The summed E-state index contributed by atoms with van der Waals surface area (Å²) in [7, 11) is 0. The third-order valence-corrected chi connectivity index (χ3v) is 5.71. The number of rotatable bonds is 11. The number of nitrogen functional groups attached to an aromatic ring is 1. The number of hydrogen-bond donors (Lipinski definition) is 2. The molecule has 0 aliphatic carbocycles. The van der Waals surface area contributed by atoms with Gasteiger partial charge in [-0.25, -0.2) is 19.2 Å². The zero-order valence-corrected chi connectivity index (χ0v) is 27.0. The van der Waals surface area contributed by atoms with Crippen molar-refractivity contribution in [1.82, 2.24) is 0 Å². The highest BCUT2D eigenvalue weighted by Gasteiger charge is 2.23. The lowest BCUT2D eigenvalue weighted by Gasteiger charge is -2.10. The summed E-state index contributed by atoms with van der Waals surface area (Å²) in [5, 5.41) is 18.4. The largest absolute Gasteiger partial charge is 0.481 e. The number of anilines is 1. The summed E-state index contributed by atoms with van der Waals surface area (Å²) in [5.74, 6) is -3.29. The van der Waals surface area contributed by atoms with E-state index in [1.807, 2.05) is 13.8 Å². The van der Waals surface area contributed by atoms with Crippen molar-refractivity contribution in [2.45, 2.75) is 48.5 Å². The summed E-state index contributed by atoms with van der Waals surface area (Å²) in [4.78, 5) is 65.4. The highest BCUT2D eigenvalue weighted by atomic mass is 16.6. The Labute approximate surface area is 266 Å². The number of hydrogen-bond acceptors (Lipinski definition) is 12. The van der Waals surface area contributed by atoms with Gasteiger partial charge in [-0.15, -0.1) is 0 Å². The smallest absolute Gasteiger partial charge is 0.345 e. The lowest BCUT2D eigenvalue weighted by atomic mass is 10.0. The second-order valence-electron chi connectivity index (χ2n) is 9.86. The van der Waals surface area contributed by atoms with Gasteiger partial charge in [0.1, 0.15) is 32.0 Å². The molecule has 0 aromatic heterocycles. The normalized spacial score (nSPS) is 9.63. The summed E-state index contributed by atoms with van der Waals surface area (Å²) in [6.45, 7) is 17.9. The van der Waals surface area contributed by atoms with E-state index in [0.717, 1.165) is 23.6 Å². The van der Waals surface area contributed by atoms with Crippen molar-refractivity contribution in [3.8, 4) is 0 Å². The monoisotopic (exact) mass is 644 g/mol. The highest BCUT2D eigenvalue weighted by Crippen LogP contribution is 2.24. The van der Waals surface area contributed by atoms with Crippen LogP contribution in [0.5, 0.6) is 0 Å². The average molecular weight is 645 g/mol. The Bertz CT molecular complexity index is 1490. The Hall–Kier alpha value is -5.53. The van der Waals surface area contributed by atoms with Crippen molar-refractivity contribution in [2.75, 3.05) is 32.2 Å². The Morgan fingerprint density at radius 1 is 0.696 bits per heavy atom. The number of nitrogens with two attached hydrogens (primary N) is 1. The lowest BCUT2D eigenvalue weighted by Crippen LogP contribution is -2.15. The first-order valence-corrected chi connectivity index (χ1v) is 13.6. The van der Waals surface area contributed by atoms with E-state index in [4.69, 9.17) is 34.6 Å². The van der Waals surface area contributed by atoms with Crippen molar-refractivity contribution >= 4 is 41.2 Å². The van der Waals surface area contributed by atoms with Crippen molar-refractivity contribution in [3.63, 3.8) is 0 Å². The molecule has 0 aliphatic rings. The molecule has 3 N–H and O–H groups in total. The molecule has 0 bridgehead atoms. The maximum absolute atomic E-state index is 11.9. The third kappa shape index (κ3) is 14.8. The molecule has 0 saturated heterocycles. The van der Waals surface area contributed by atoms with Gasteiger partial charge in [0.05, 0.1) is 10.5 Å². The minimum atomic E-state index is -0.833. The number of nitrogens with zero attached hydrogens (tertiary/aromatic N) is 1. The second kappa shape index (κ2) is 19.7. The number of aryl methyl sites for hydroxylation is 4. The fourth-order valence-corrected chi connectivity index (χ4v) is 3.07. The number of esters is 4. The molecule has 46 heavy (non-hydrogen) atoms. The molecule has 0 amide bonds. The quantitative estimate of drug-likeness (QED) is 0.0644. The van der Waals surface area contributed by atoms with E-state index < -0.39 is 34.8 Å². The number of ether oxygens (including phenoxy) is 4. The van der Waals surface area contributed by atoms with Gasteiger partial charge in [-0.3, -0.25) is 14.9 Å². The Balaban J connectivity index is 0.000000791. The predicted molar refractivity (Wildman–Crippen MR) is 168 cm³/mol. The maximum atomic E-state index is 11.9. The first-order chi connectivity index (χ1) is 21.3. The van der Waals surface area contributed by atoms with Crippen LogP contribution in [0.3, 0.4) is 0 Å². The third-order valence-electron chi connectivity index (χ3n) is 5.71. The molecule has 0 fully saturated rings. The van der Waals surface area contributed by atoms with Gasteiger partial charge < -0.3 is 29.8 Å². The molecule has 14 heteroatoms. The molecule has 0 radical (unpaired) electrons. The fraction of sp³-hybridized carbons (Fsp3) is 0.344. The van der Waals surface area contributed by atoms with E-state index in [-0.39, 0.29) is 43.3 Å². The molecule has 0 spiro atoms. The van der Waals surface area contributed by atoms with E-state index in [9.17, 15) is 29.3 Å². The standard InChI is InChI=1S/C15H17NO6.C15H19NO4.C2H4O2/c1-9(2)14(17)21-5-6-22-15(18)12-7-10(3)11(4)8-13(12)16(19)20;1-9(2)14(17)19-5-6-20-15(18)12-7-10(3)11(4)8-13(12)16;1-2(3)4/h7-8H,1,5-6H2,2-4H3;7-8H,1,5-6,16H2,2-4H3;1H3,(H,3,4). The maximum Gasteiger partial charge on any atom is 0.345 e. The van der Waals surface area contributed by atoms with E-state index in [1.165, 1.54) is 19.1 Å². The zero-order valence-electron chi connectivity index (χ0n) is 27.0. The van der Waals surface area contributed by atoms with Crippen molar-refractivity contribution in [3.05, 3.63) is 92.1 Å². The number of carbonyl (C=O) groups is 5. The van der Waals surface area contributed by atoms with E-state index in [2.05, 4.69) is 13.2 Å². The summed E-state index contributed by atoms with van der Waals surface area (Å²) in [6.07, 6.45) is 0. The van der Waals surface area contributed by atoms with Crippen LogP contribution < -0.4 is 5.73 Å². The molecular formula is C32H40N2O12. The van der Waals surface area contributed by atoms with Crippen molar-refractivity contribution in [2.24, 2.45) is 0 Å². The molecule has 0 heterocycles. The van der Waals surface area contributed by atoms with Gasteiger partial charge in [0, 0.05) is 29.8 Å². The highest BCUT2D eigenvalue weighted by molar-refractivity contribution is 5.96. The molecular weight excluding hydrogens is 604 g/mol.